The Morgan fingerprint density at radius 2 is 2.00 bits per heavy atom. The van der Waals surface area contributed by atoms with Crippen molar-refractivity contribution in [3.63, 3.8) is 0 Å². The first-order valence-electron chi connectivity index (χ1n) is 7.41. The molecular weight excluding hydrogens is 268 g/mol. The minimum absolute atomic E-state index is 0.0437. The van der Waals surface area contributed by atoms with Gasteiger partial charge in [-0.1, -0.05) is 13.8 Å². The summed E-state index contributed by atoms with van der Waals surface area (Å²) in [5.74, 6) is 0.808. The Morgan fingerprint density at radius 3 is 2.52 bits per heavy atom. The Hall–Kier alpha value is -1.69. The third-order valence-corrected chi connectivity index (χ3v) is 3.50. The number of morpholine rings is 1. The number of rotatable bonds is 3. The Labute approximate surface area is 125 Å². The van der Waals surface area contributed by atoms with E-state index in [-0.39, 0.29) is 24.0 Å². The Bertz CT molecular complexity index is 508. The quantitative estimate of drug-likeness (QED) is 0.921. The van der Waals surface area contributed by atoms with Gasteiger partial charge in [0.1, 0.15) is 5.82 Å². The molecule has 2 rings (SSSR count). The van der Waals surface area contributed by atoms with E-state index in [9.17, 15) is 4.79 Å². The maximum Gasteiger partial charge on any atom is 0.274 e. The lowest BCUT2D eigenvalue weighted by Crippen LogP contribution is -2.48. The van der Waals surface area contributed by atoms with E-state index in [4.69, 9.17) is 4.74 Å². The fraction of sp³-hybridized carbons (Fsp3) is 0.667. The zero-order valence-electron chi connectivity index (χ0n) is 13.4. The summed E-state index contributed by atoms with van der Waals surface area (Å²) in [6.07, 6.45) is 1.77. The van der Waals surface area contributed by atoms with E-state index in [0.29, 0.717) is 30.3 Å². The van der Waals surface area contributed by atoms with E-state index in [1.165, 1.54) is 0 Å². The summed E-state index contributed by atoms with van der Waals surface area (Å²) in [6.45, 7) is 9.17. The first kappa shape index (κ1) is 15.7. The van der Waals surface area contributed by atoms with Gasteiger partial charge in [0.05, 0.1) is 24.1 Å². The van der Waals surface area contributed by atoms with Gasteiger partial charge in [-0.15, -0.1) is 0 Å². The van der Waals surface area contributed by atoms with Crippen LogP contribution in [0.15, 0.2) is 6.20 Å². The number of amides is 1. The topological polar surface area (TPSA) is 67.4 Å². The molecule has 2 atom stereocenters. The van der Waals surface area contributed by atoms with Gasteiger partial charge in [-0.05, 0) is 13.8 Å². The van der Waals surface area contributed by atoms with Gasteiger partial charge < -0.3 is 15.0 Å². The fourth-order valence-electron chi connectivity index (χ4n) is 2.51. The molecule has 2 heterocycles. The molecular formula is C15H24N4O2. The molecule has 1 aromatic rings. The van der Waals surface area contributed by atoms with Crippen molar-refractivity contribution in [1.82, 2.24) is 14.9 Å². The summed E-state index contributed by atoms with van der Waals surface area (Å²) >= 11 is 0. The van der Waals surface area contributed by atoms with Gasteiger partial charge >= 0.3 is 0 Å². The van der Waals surface area contributed by atoms with E-state index in [1.807, 2.05) is 32.6 Å². The molecule has 1 saturated heterocycles. The third kappa shape index (κ3) is 3.50. The number of carbonyl (C=O) groups excluding carboxylic acids is 1. The Kier molecular flexibility index (Phi) is 4.77. The minimum Gasteiger partial charge on any atom is -0.385 e. The van der Waals surface area contributed by atoms with Gasteiger partial charge in [-0.25, -0.2) is 9.97 Å². The van der Waals surface area contributed by atoms with Crippen molar-refractivity contribution in [2.75, 3.05) is 25.5 Å². The van der Waals surface area contributed by atoms with E-state index in [2.05, 4.69) is 15.3 Å². The van der Waals surface area contributed by atoms with E-state index in [1.54, 1.807) is 13.2 Å². The predicted octanol–water partition coefficient (Wildman–Crippen LogP) is 1.89. The second kappa shape index (κ2) is 6.39. The smallest absolute Gasteiger partial charge is 0.274 e. The number of hydrogen-bond acceptors (Lipinski definition) is 5. The van der Waals surface area contributed by atoms with Gasteiger partial charge in [-0.3, -0.25) is 4.79 Å². The second-order valence-corrected chi connectivity index (χ2v) is 5.86. The summed E-state index contributed by atoms with van der Waals surface area (Å²) < 4.78 is 5.68. The normalized spacial score (nSPS) is 22.5. The van der Waals surface area contributed by atoms with Crippen LogP contribution < -0.4 is 5.32 Å². The number of nitrogens with zero attached hydrogens (tertiary/aromatic N) is 3. The number of carbonyl (C=O) groups is 1. The van der Waals surface area contributed by atoms with E-state index >= 15 is 0 Å². The largest absolute Gasteiger partial charge is 0.385 e. The third-order valence-electron chi connectivity index (χ3n) is 3.50. The number of anilines is 1. The van der Waals surface area contributed by atoms with Crippen molar-refractivity contribution in [3.8, 4) is 0 Å². The molecule has 1 aliphatic heterocycles. The fourth-order valence-corrected chi connectivity index (χ4v) is 2.51. The van der Waals surface area contributed by atoms with Crippen molar-refractivity contribution in [3.05, 3.63) is 17.7 Å². The van der Waals surface area contributed by atoms with E-state index < -0.39 is 0 Å². The molecule has 0 spiro atoms. The molecule has 1 aliphatic rings. The summed E-state index contributed by atoms with van der Waals surface area (Å²) in [5.41, 5.74) is 1.11. The SMILES string of the molecule is CNc1cnc(C(C)C)nc1C(=O)N1CC(C)OC(C)C1. The Morgan fingerprint density at radius 1 is 1.38 bits per heavy atom. The summed E-state index contributed by atoms with van der Waals surface area (Å²) in [4.78, 5) is 23.4. The number of hydrogen-bond donors (Lipinski definition) is 1. The van der Waals surface area contributed by atoms with Gasteiger partial charge in [-0.2, -0.15) is 0 Å². The highest BCUT2D eigenvalue weighted by Gasteiger charge is 2.29. The number of ether oxygens (including phenoxy) is 1. The monoisotopic (exact) mass is 292 g/mol. The van der Waals surface area contributed by atoms with Crippen LogP contribution in [0.3, 0.4) is 0 Å². The highest BCUT2D eigenvalue weighted by molar-refractivity contribution is 5.97. The van der Waals surface area contributed by atoms with Crippen LogP contribution in [-0.4, -0.2) is 53.1 Å². The second-order valence-electron chi connectivity index (χ2n) is 5.86. The number of aromatic nitrogens is 2. The molecule has 6 nitrogen and oxygen atoms in total. The molecule has 0 bridgehead atoms. The number of nitrogens with one attached hydrogen (secondary N) is 1. The van der Waals surface area contributed by atoms with Gasteiger partial charge in [0.2, 0.25) is 0 Å². The Balaban J connectivity index is 2.30. The molecule has 116 valence electrons. The summed E-state index contributed by atoms with van der Waals surface area (Å²) in [5, 5.41) is 3.00. The zero-order valence-corrected chi connectivity index (χ0v) is 13.4. The zero-order chi connectivity index (χ0) is 15.6. The van der Waals surface area contributed by atoms with Crippen LogP contribution >= 0.6 is 0 Å². The van der Waals surface area contributed by atoms with Crippen LogP contribution in [0.25, 0.3) is 0 Å². The van der Waals surface area contributed by atoms with Crippen molar-refractivity contribution in [1.29, 1.82) is 0 Å². The van der Waals surface area contributed by atoms with Crippen molar-refractivity contribution < 1.29 is 9.53 Å². The van der Waals surface area contributed by atoms with Crippen molar-refractivity contribution in [2.24, 2.45) is 0 Å². The molecule has 0 aromatic carbocycles. The van der Waals surface area contributed by atoms with Gasteiger partial charge in [0.15, 0.2) is 5.69 Å². The molecule has 2 unspecified atom stereocenters. The van der Waals surface area contributed by atoms with Crippen LogP contribution in [0.4, 0.5) is 5.69 Å². The highest BCUT2D eigenvalue weighted by Crippen LogP contribution is 2.20. The first-order chi connectivity index (χ1) is 9.92. The maximum absolute atomic E-state index is 12.8. The van der Waals surface area contributed by atoms with Crippen molar-refractivity contribution in [2.45, 2.75) is 45.8 Å². The standard InChI is InChI=1S/C15H24N4O2/c1-9(2)14-17-6-12(16-5)13(18-14)15(20)19-7-10(3)21-11(4)8-19/h6,9-11,16H,7-8H2,1-5H3. The molecule has 1 aromatic heterocycles. The molecule has 0 saturated carbocycles. The van der Waals surface area contributed by atoms with Crippen LogP contribution in [-0.2, 0) is 4.74 Å². The molecule has 6 heteroatoms. The molecule has 1 N–H and O–H groups in total. The first-order valence-corrected chi connectivity index (χ1v) is 7.41. The average Bonchev–Trinajstić information content (AvgIpc) is 2.44. The average molecular weight is 292 g/mol. The van der Waals surface area contributed by atoms with E-state index in [0.717, 1.165) is 0 Å². The van der Waals surface area contributed by atoms with Crippen LogP contribution in [0.1, 0.15) is 49.9 Å². The lowest BCUT2D eigenvalue weighted by atomic mass is 10.1. The summed E-state index contributed by atoms with van der Waals surface area (Å²) in [7, 11) is 1.77. The molecule has 1 fully saturated rings. The molecule has 0 aliphatic carbocycles. The summed E-state index contributed by atoms with van der Waals surface area (Å²) in [6, 6.07) is 0. The van der Waals surface area contributed by atoms with Crippen LogP contribution in [0.2, 0.25) is 0 Å². The highest BCUT2D eigenvalue weighted by atomic mass is 16.5. The van der Waals surface area contributed by atoms with Crippen molar-refractivity contribution >= 4 is 11.6 Å². The van der Waals surface area contributed by atoms with Gasteiger partial charge in [0.25, 0.3) is 5.91 Å². The molecule has 1 amide bonds. The van der Waals surface area contributed by atoms with Crippen LogP contribution in [0.5, 0.6) is 0 Å². The van der Waals surface area contributed by atoms with Gasteiger partial charge in [0, 0.05) is 26.1 Å². The lowest BCUT2D eigenvalue weighted by Gasteiger charge is -2.35. The maximum atomic E-state index is 12.8. The predicted molar refractivity (Wildman–Crippen MR) is 81.6 cm³/mol. The molecule has 21 heavy (non-hydrogen) atoms. The minimum atomic E-state index is -0.0642. The van der Waals surface area contributed by atoms with Crippen LogP contribution in [0, 0.1) is 0 Å². The lowest BCUT2D eigenvalue weighted by molar-refractivity contribution is -0.0587. The molecule has 0 radical (unpaired) electrons.